The van der Waals surface area contributed by atoms with E-state index in [0.29, 0.717) is 10.8 Å². The van der Waals surface area contributed by atoms with Gasteiger partial charge in [0.1, 0.15) is 0 Å². The zero-order valence-electron chi connectivity index (χ0n) is 17.7. The molecule has 0 radical (unpaired) electrons. The third-order valence-electron chi connectivity index (χ3n) is 7.98. The molecule has 150 valence electrons. The topological polar surface area (TPSA) is 0 Å². The molecule has 2 aliphatic carbocycles. The molecule has 2 aromatic carbocycles. The third kappa shape index (κ3) is 3.80. The summed E-state index contributed by atoms with van der Waals surface area (Å²) in [6.45, 7) is 0. The number of hydrogen-bond donors (Lipinski definition) is 0. The van der Waals surface area contributed by atoms with Crippen molar-refractivity contribution >= 4 is 0 Å². The van der Waals surface area contributed by atoms with Gasteiger partial charge in [-0.15, -0.1) is 0 Å². The highest BCUT2D eigenvalue weighted by molar-refractivity contribution is 5.39. The fourth-order valence-corrected chi connectivity index (χ4v) is 6.62. The van der Waals surface area contributed by atoms with Gasteiger partial charge in [0, 0.05) is 10.8 Å². The maximum atomic E-state index is 2.46. The molecule has 0 saturated heterocycles. The lowest BCUT2D eigenvalue weighted by molar-refractivity contribution is 0.126. The first kappa shape index (κ1) is 19.7. The summed E-state index contributed by atoms with van der Waals surface area (Å²) in [6, 6.07) is 23.4. The van der Waals surface area contributed by atoms with Crippen LogP contribution in [0.1, 0.15) is 101 Å². The second-order valence-corrected chi connectivity index (χ2v) is 9.43. The highest BCUT2D eigenvalue weighted by atomic mass is 14.5. The molecule has 2 aromatic rings. The lowest BCUT2D eigenvalue weighted by atomic mass is 9.49. The zero-order valence-corrected chi connectivity index (χ0v) is 17.7. The van der Waals surface area contributed by atoms with E-state index in [1.807, 2.05) is 0 Å². The van der Waals surface area contributed by atoms with Gasteiger partial charge in [-0.2, -0.15) is 0 Å². The molecule has 4 rings (SSSR count). The summed E-state index contributed by atoms with van der Waals surface area (Å²) in [5, 5.41) is 0. The van der Waals surface area contributed by atoms with Gasteiger partial charge in [0.25, 0.3) is 0 Å². The SMILES string of the molecule is c1ccc(C2(C3(c4ccccc4)CCCCCCC3)CCCCCCC2)cc1. The Kier molecular flexibility index (Phi) is 6.55. The minimum atomic E-state index is 0.299. The molecule has 0 aliphatic heterocycles. The molecule has 0 unspecified atom stereocenters. The predicted octanol–water partition coefficient (Wildman–Crippen LogP) is 8.35. The van der Waals surface area contributed by atoms with Crippen LogP contribution >= 0.6 is 0 Å². The second kappa shape index (κ2) is 9.29. The van der Waals surface area contributed by atoms with E-state index in [-0.39, 0.29) is 0 Å². The Morgan fingerprint density at radius 3 is 0.964 bits per heavy atom. The Morgan fingerprint density at radius 2 is 0.643 bits per heavy atom. The molecule has 2 saturated carbocycles. The summed E-state index contributed by atoms with van der Waals surface area (Å²) in [7, 11) is 0. The molecule has 0 nitrogen and oxygen atoms in total. The molecule has 0 heterocycles. The van der Waals surface area contributed by atoms with E-state index in [9.17, 15) is 0 Å². The van der Waals surface area contributed by atoms with Crippen LogP contribution in [0.3, 0.4) is 0 Å². The molecule has 0 N–H and O–H groups in total. The van der Waals surface area contributed by atoms with Crippen LogP contribution in [0.25, 0.3) is 0 Å². The Morgan fingerprint density at radius 1 is 0.357 bits per heavy atom. The molecular weight excluding hydrogens is 336 g/mol. The molecule has 2 fully saturated rings. The van der Waals surface area contributed by atoms with Gasteiger partial charge in [-0.1, -0.05) is 125 Å². The zero-order chi connectivity index (χ0) is 19.1. The molecule has 0 amide bonds. The number of hydrogen-bond acceptors (Lipinski definition) is 0. The molecule has 0 heteroatoms. The predicted molar refractivity (Wildman–Crippen MR) is 121 cm³/mol. The molecule has 0 atom stereocenters. The van der Waals surface area contributed by atoms with E-state index in [2.05, 4.69) is 60.7 Å². The van der Waals surface area contributed by atoms with Gasteiger partial charge >= 0.3 is 0 Å². The Labute approximate surface area is 172 Å². The summed E-state index contributed by atoms with van der Waals surface area (Å²) in [4.78, 5) is 0. The fraction of sp³-hybridized carbons (Fsp3) is 0.571. The first-order valence-electron chi connectivity index (χ1n) is 12.0. The van der Waals surface area contributed by atoms with Crippen molar-refractivity contribution in [1.29, 1.82) is 0 Å². The number of benzene rings is 2. The first-order valence-corrected chi connectivity index (χ1v) is 12.0. The van der Waals surface area contributed by atoms with Crippen LogP contribution < -0.4 is 0 Å². The van der Waals surface area contributed by atoms with Gasteiger partial charge in [-0.3, -0.25) is 0 Å². The summed E-state index contributed by atoms with van der Waals surface area (Å²) in [5.41, 5.74) is 3.85. The van der Waals surface area contributed by atoms with Gasteiger partial charge in [0.05, 0.1) is 0 Å². The van der Waals surface area contributed by atoms with Crippen molar-refractivity contribution in [3.05, 3.63) is 71.8 Å². The van der Waals surface area contributed by atoms with Gasteiger partial charge in [0.15, 0.2) is 0 Å². The molecular formula is C28H38. The van der Waals surface area contributed by atoms with Gasteiger partial charge in [-0.05, 0) is 36.8 Å². The third-order valence-corrected chi connectivity index (χ3v) is 7.98. The van der Waals surface area contributed by atoms with Crippen LogP contribution in [0.15, 0.2) is 60.7 Å². The van der Waals surface area contributed by atoms with Crippen LogP contribution in [0.5, 0.6) is 0 Å². The smallest absolute Gasteiger partial charge is 0.00498 e. The van der Waals surface area contributed by atoms with Crippen molar-refractivity contribution in [2.24, 2.45) is 0 Å². The maximum Gasteiger partial charge on any atom is 0.00498 e. The highest BCUT2D eigenvalue weighted by Crippen LogP contribution is 2.57. The van der Waals surface area contributed by atoms with Crippen LogP contribution in [0.4, 0.5) is 0 Å². The number of rotatable bonds is 3. The molecule has 0 aromatic heterocycles. The van der Waals surface area contributed by atoms with E-state index in [1.165, 1.54) is 89.9 Å². The van der Waals surface area contributed by atoms with Crippen LogP contribution in [0.2, 0.25) is 0 Å². The monoisotopic (exact) mass is 374 g/mol. The van der Waals surface area contributed by atoms with E-state index in [4.69, 9.17) is 0 Å². The molecule has 0 bridgehead atoms. The fourth-order valence-electron chi connectivity index (χ4n) is 6.62. The lowest BCUT2D eigenvalue weighted by Gasteiger charge is -2.54. The van der Waals surface area contributed by atoms with Gasteiger partial charge < -0.3 is 0 Å². The summed E-state index contributed by atoms with van der Waals surface area (Å²) in [6.07, 6.45) is 19.6. The minimum absolute atomic E-state index is 0.299. The Bertz CT molecular complexity index is 620. The van der Waals surface area contributed by atoms with Crippen molar-refractivity contribution in [2.45, 2.75) is 101 Å². The first-order chi connectivity index (χ1) is 13.9. The van der Waals surface area contributed by atoms with E-state index in [1.54, 1.807) is 11.1 Å². The quantitative estimate of drug-likeness (QED) is 0.506. The standard InChI is InChI=1S/C28H38/c1-3-13-21-27(22-14-4-1,25-17-9-7-10-18-25)28(26-19-11-8-12-20-26)23-15-5-2-6-16-24-28/h7-12,17-20H,1-6,13-16,21-24H2. The van der Waals surface area contributed by atoms with Crippen molar-refractivity contribution in [1.82, 2.24) is 0 Å². The van der Waals surface area contributed by atoms with E-state index < -0.39 is 0 Å². The van der Waals surface area contributed by atoms with Crippen LogP contribution in [0, 0.1) is 0 Å². The van der Waals surface area contributed by atoms with Crippen molar-refractivity contribution < 1.29 is 0 Å². The molecule has 28 heavy (non-hydrogen) atoms. The summed E-state index contributed by atoms with van der Waals surface area (Å²) in [5.74, 6) is 0. The van der Waals surface area contributed by atoms with Gasteiger partial charge in [-0.25, -0.2) is 0 Å². The van der Waals surface area contributed by atoms with Crippen molar-refractivity contribution in [2.75, 3.05) is 0 Å². The largest absolute Gasteiger partial charge is 0.0622 e. The minimum Gasteiger partial charge on any atom is -0.0622 e. The van der Waals surface area contributed by atoms with Crippen LogP contribution in [-0.2, 0) is 10.8 Å². The second-order valence-electron chi connectivity index (χ2n) is 9.43. The Balaban J connectivity index is 1.89. The molecule has 0 spiro atoms. The Hall–Kier alpha value is -1.56. The normalized spacial score (nSPS) is 23.0. The van der Waals surface area contributed by atoms with E-state index in [0.717, 1.165) is 0 Å². The van der Waals surface area contributed by atoms with E-state index >= 15 is 0 Å². The lowest BCUT2D eigenvalue weighted by Crippen LogP contribution is -2.50. The summed E-state index contributed by atoms with van der Waals surface area (Å²) < 4.78 is 0. The molecule has 2 aliphatic rings. The maximum absolute atomic E-state index is 2.46. The average Bonchev–Trinajstić information content (AvgIpc) is 2.70. The van der Waals surface area contributed by atoms with Crippen molar-refractivity contribution in [3.8, 4) is 0 Å². The summed E-state index contributed by atoms with van der Waals surface area (Å²) >= 11 is 0. The average molecular weight is 375 g/mol. The van der Waals surface area contributed by atoms with Crippen molar-refractivity contribution in [3.63, 3.8) is 0 Å². The van der Waals surface area contributed by atoms with Gasteiger partial charge in [0.2, 0.25) is 0 Å². The highest BCUT2D eigenvalue weighted by Gasteiger charge is 2.51. The van der Waals surface area contributed by atoms with Crippen LogP contribution in [-0.4, -0.2) is 0 Å².